The van der Waals surface area contributed by atoms with E-state index >= 15 is 0 Å². The number of nitrogen functional groups attached to an aromatic ring is 1. The fourth-order valence-electron chi connectivity index (χ4n) is 3.96. The van der Waals surface area contributed by atoms with Crippen LogP contribution < -0.4 is 17.0 Å². The zero-order chi connectivity index (χ0) is 58.7. The average Bonchev–Trinajstić information content (AvgIpc) is 3.99. The van der Waals surface area contributed by atoms with Crippen molar-refractivity contribution in [1.82, 2.24) is 34.8 Å². The van der Waals surface area contributed by atoms with E-state index < -0.39 is 29.5 Å². The second-order valence-corrected chi connectivity index (χ2v) is 19.6. The van der Waals surface area contributed by atoms with E-state index in [2.05, 4.69) is 60.8 Å². The number of rotatable bonds is 10. The Hall–Kier alpha value is -5.17. The zero-order valence-corrected chi connectivity index (χ0v) is 50.2. The first-order chi connectivity index (χ1) is 33.4. The van der Waals surface area contributed by atoms with Gasteiger partial charge in [-0.2, -0.15) is 25.8 Å². The average molecular weight is 1180 g/mol. The second kappa shape index (κ2) is 40.2. The minimum atomic E-state index is -1.06. The molecule has 0 atom stereocenters. The molecular weight excluding hydrogens is 1100 g/mol. The number of aromatic carboxylic acids is 1. The molecule has 0 aromatic carbocycles. The summed E-state index contributed by atoms with van der Waals surface area (Å²) in [5.74, 6) is 2.85. The SMILES string of the molecule is CC#N.CC(C)(C)NN.CC(C)(C)ON=O.CC(C)(C)n1ncc(C(=O)O)c1Cl.CCO/C=C(/C#N)C(=O)OCC.CCOC(=O)c1cnn(C(C)(C)C)c1Cl.CCOC(=O)c1cnn(C(C)(C)C)c1N.Cl.[Cl][Cu]. The van der Waals surface area contributed by atoms with Crippen LogP contribution in [0.3, 0.4) is 0 Å². The summed E-state index contributed by atoms with van der Waals surface area (Å²) in [6, 6.07) is 3.43. The summed E-state index contributed by atoms with van der Waals surface area (Å²) in [7, 11) is 4.20. The van der Waals surface area contributed by atoms with Crippen molar-refractivity contribution in [3.8, 4) is 12.1 Å². The predicted molar refractivity (Wildman–Crippen MR) is 285 cm³/mol. The molecule has 0 aliphatic heterocycles. The monoisotopic (exact) mass is 1180 g/mol. The van der Waals surface area contributed by atoms with Gasteiger partial charge < -0.3 is 34.6 Å². The van der Waals surface area contributed by atoms with Crippen molar-refractivity contribution in [2.24, 2.45) is 11.2 Å². The second-order valence-electron chi connectivity index (χ2n) is 18.9. The third-order valence-electron chi connectivity index (χ3n) is 7.08. The van der Waals surface area contributed by atoms with Crippen LogP contribution in [-0.2, 0) is 60.3 Å². The third kappa shape index (κ3) is 35.9. The van der Waals surface area contributed by atoms with Crippen LogP contribution in [0.5, 0.6) is 0 Å². The van der Waals surface area contributed by atoms with Crippen molar-refractivity contribution < 1.29 is 63.2 Å². The van der Waals surface area contributed by atoms with Crippen molar-refractivity contribution in [3.05, 3.63) is 62.3 Å². The maximum absolute atomic E-state index is 11.5. The standard InChI is InChI=1S/C10H15ClN2O2.C10H17N3O2.C8H11ClN2O2.C8H11NO3.C4H12N2.C4H9NO2.C2H3N.2ClH.Cu/c2*1-5-15-9(14)7-6-12-13(8(7)11)10(2,3)4;1-8(2,3)11-6(9)5(4-10-11)7(12)13;1-3-11-6-7(5-9)8(10)12-4-2;1-4(2,3)6-5;1-4(2,3)7-5-6;1-2-3;;;/h6H,5H2,1-4H3;6H,5,11H2,1-4H3;4H,1-3H3,(H,12,13);6H,3-4H2,1-2H3;6H,5H2,1-3H3;1-3H3;1H3;2*1H;/q;;;;;;;;;+1/p-1/b;;;7-6-;;;;;;. The van der Waals surface area contributed by atoms with Gasteiger partial charge in [0.25, 0.3) is 0 Å². The predicted octanol–water partition coefficient (Wildman–Crippen LogP) is 10.2. The summed E-state index contributed by atoms with van der Waals surface area (Å²) in [5.41, 5.74) is 7.84. The van der Waals surface area contributed by atoms with E-state index in [9.17, 15) is 24.1 Å². The van der Waals surface area contributed by atoms with Gasteiger partial charge in [0, 0.05) is 12.5 Å². The number of carbonyl (C=O) groups excluding carboxylic acids is 3. The van der Waals surface area contributed by atoms with E-state index in [0.29, 0.717) is 41.9 Å². The molecule has 0 unspecified atom stereocenters. The molecule has 0 fully saturated rings. The van der Waals surface area contributed by atoms with E-state index in [0.717, 1.165) is 6.26 Å². The molecule has 0 aliphatic carbocycles. The Kier molecular flexibility index (Phi) is 43.6. The van der Waals surface area contributed by atoms with Gasteiger partial charge in [0.05, 0.1) is 67.7 Å². The fourth-order valence-corrected chi connectivity index (χ4v) is 4.81. The number of esters is 3. The van der Waals surface area contributed by atoms with E-state index in [1.165, 1.54) is 30.2 Å². The number of aromatic nitrogens is 6. The summed E-state index contributed by atoms with van der Waals surface area (Å²) >= 11 is 15.5. The van der Waals surface area contributed by atoms with Crippen molar-refractivity contribution >= 4 is 75.4 Å². The molecule has 23 nitrogen and oxygen atoms in total. The summed E-state index contributed by atoms with van der Waals surface area (Å²) < 4.78 is 23.8. The number of halogens is 4. The molecule has 0 aliphatic rings. The van der Waals surface area contributed by atoms with Gasteiger partial charge in [0.2, 0.25) is 0 Å². The van der Waals surface area contributed by atoms with E-state index in [4.69, 9.17) is 64.6 Å². The van der Waals surface area contributed by atoms with Gasteiger partial charge in [-0.25, -0.2) is 33.2 Å². The molecule has 3 aromatic heterocycles. The molecule has 3 heterocycles. The van der Waals surface area contributed by atoms with Crippen LogP contribution in [-0.4, -0.2) is 95.9 Å². The molecule has 0 bridgehead atoms. The third-order valence-corrected chi connectivity index (χ3v) is 7.81. The van der Waals surface area contributed by atoms with Crippen LogP contribution in [0, 0.1) is 27.6 Å². The summed E-state index contributed by atoms with van der Waals surface area (Å²) in [4.78, 5) is 58.1. The number of ether oxygens (including phenoxy) is 4. The van der Waals surface area contributed by atoms with E-state index in [1.54, 1.807) is 70.0 Å². The summed E-state index contributed by atoms with van der Waals surface area (Å²) in [6.45, 7) is 38.5. The number of carboxylic acids is 1. The van der Waals surface area contributed by atoms with Gasteiger partial charge in [0.1, 0.15) is 50.7 Å². The van der Waals surface area contributed by atoms with Gasteiger partial charge in [-0.05, 0) is 132 Å². The number of hydrazine groups is 1. The number of anilines is 1. The van der Waals surface area contributed by atoms with Gasteiger partial charge in [-0.3, -0.25) is 11.3 Å². The van der Waals surface area contributed by atoms with Crippen LogP contribution in [0.15, 0.2) is 35.8 Å². The Labute approximate surface area is 465 Å². The number of nitrogens with two attached hydrogens (primary N) is 2. The number of nitrogens with one attached hydrogen (secondary N) is 1. The first-order valence-electron chi connectivity index (χ1n) is 22.1. The van der Waals surface area contributed by atoms with Gasteiger partial charge in [-0.15, -0.1) is 17.3 Å². The quantitative estimate of drug-likeness (QED) is 0.0169. The summed E-state index contributed by atoms with van der Waals surface area (Å²) in [5, 5.41) is 39.3. The Morgan fingerprint density at radius 3 is 1.30 bits per heavy atom. The van der Waals surface area contributed by atoms with Gasteiger partial charge in [-0.1, -0.05) is 23.2 Å². The summed E-state index contributed by atoms with van der Waals surface area (Å²) in [6.07, 6.45) is 5.25. The Morgan fingerprint density at radius 2 is 1.05 bits per heavy atom. The number of carbonyl (C=O) groups is 4. The van der Waals surface area contributed by atoms with E-state index in [1.807, 2.05) is 83.1 Å². The van der Waals surface area contributed by atoms with Crippen LogP contribution in [0.2, 0.25) is 10.3 Å². The number of hydrogen-bond donors (Lipinski definition) is 4. The van der Waals surface area contributed by atoms with Crippen LogP contribution in [0.25, 0.3) is 0 Å². The normalized spacial score (nSPS) is 10.6. The Balaban J connectivity index is -0.000000188. The number of nitrogens with zero attached hydrogens (tertiary/aromatic N) is 9. The van der Waals surface area contributed by atoms with Gasteiger partial charge >= 0.3 is 49.1 Å². The number of nitriles is 2. The zero-order valence-electron chi connectivity index (χ0n) is 46.2. The fraction of sp³-hybridized carbons (Fsp3) is 0.630. The topological polar surface area (TPSA) is 329 Å². The molecule has 0 saturated heterocycles. The van der Waals surface area contributed by atoms with Crippen molar-refractivity contribution in [2.45, 2.75) is 166 Å². The minimum absolute atomic E-state index is 0. The first kappa shape index (κ1) is 80.2. The van der Waals surface area contributed by atoms with Crippen molar-refractivity contribution in [3.63, 3.8) is 0 Å². The molecule has 0 saturated carbocycles. The molecule has 428 valence electrons. The van der Waals surface area contributed by atoms with Gasteiger partial charge in [0.15, 0.2) is 10.9 Å². The molecule has 74 heavy (non-hydrogen) atoms. The molecule has 0 amide bonds. The van der Waals surface area contributed by atoms with Crippen LogP contribution >= 0.6 is 45.7 Å². The Morgan fingerprint density at radius 1 is 0.716 bits per heavy atom. The number of hydrogen-bond acceptors (Lipinski definition) is 19. The maximum atomic E-state index is 11.5. The molecule has 3 rings (SSSR count). The van der Waals surface area contributed by atoms with Crippen molar-refractivity contribution in [2.75, 3.05) is 32.2 Å². The van der Waals surface area contributed by atoms with Crippen LogP contribution in [0.1, 0.15) is 170 Å². The van der Waals surface area contributed by atoms with E-state index in [-0.39, 0.29) is 57.5 Å². The molecule has 0 radical (unpaired) electrons. The molecule has 28 heteroatoms. The molecule has 0 spiro atoms. The van der Waals surface area contributed by atoms with Crippen LogP contribution in [0.4, 0.5) is 5.82 Å². The molecular formula is C46H79Cl4CuN12O11. The first-order valence-corrected chi connectivity index (χ1v) is 24.1. The Bertz CT molecular complexity index is 2130. The van der Waals surface area contributed by atoms with Crippen molar-refractivity contribution in [1.29, 1.82) is 10.5 Å². The molecule has 6 N–H and O–H groups in total. The number of carboxylic acid groups (broad SMARTS) is 1. The molecule has 3 aromatic rings.